The molecule has 1 rings (SSSR count). The van der Waals surface area contributed by atoms with Crippen LogP contribution in [-0.2, 0) is 4.79 Å². The number of ether oxygens (including phenoxy) is 1. The van der Waals surface area contributed by atoms with Gasteiger partial charge in [0.15, 0.2) is 5.75 Å². The zero-order valence-corrected chi connectivity index (χ0v) is 13.1. The van der Waals surface area contributed by atoms with Crippen molar-refractivity contribution in [2.24, 2.45) is 5.73 Å². The standard InChI is InChI=1S/C13H16Cl2F2N2O2/c1-3-13(18,4-2)11(20)19-7-5-8(14)10(9(15)6-7)21-12(16)17/h5-6,12H,3-4,18H2,1-2H3,(H,19,20). The first-order valence-corrected chi connectivity index (χ1v) is 7.03. The molecular weight excluding hydrogens is 325 g/mol. The Morgan fingerprint density at radius 3 is 2.19 bits per heavy atom. The number of hydrogen-bond donors (Lipinski definition) is 2. The van der Waals surface area contributed by atoms with E-state index in [1.165, 1.54) is 12.1 Å². The highest BCUT2D eigenvalue weighted by Gasteiger charge is 2.30. The second-order valence-electron chi connectivity index (χ2n) is 4.46. The van der Waals surface area contributed by atoms with Crippen LogP contribution < -0.4 is 15.8 Å². The first-order valence-electron chi connectivity index (χ1n) is 6.27. The predicted octanol–water partition coefficient (Wildman–Crippen LogP) is 4.05. The third kappa shape index (κ3) is 4.43. The first-order chi connectivity index (χ1) is 9.73. The van der Waals surface area contributed by atoms with Gasteiger partial charge in [-0.25, -0.2) is 0 Å². The average Bonchev–Trinajstić information content (AvgIpc) is 2.41. The number of anilines is 1. The lowest BCUT2D eigenvalue weighted by molar-refractivity contribution is -0.121. The van der Waals surface area contributed by atoms with Crippen molar-refractivity contribution in [1.82, 2.24) is 0 Å². The van der Waals surface area contributed by atoms with Crippen molar-refractivity contribution in [3.8, 4) is 5.75 Å². The molecule has 1 aromatic rings. The van der Waals surface area contributed by atoms with Gasteiger partial charge in [0.2, 0.25) is 5.91 Å². The van der Waals surface area contributed by atoms with Gasteiger partial charge in [-0.2, -0.15) is 8.78 Å². The summed E-state index contributed by atoms with van der Waals surface area (Å²) in [4.78, 5) is 12.1. The molecule has 0 bridgehead atoms. The normalized spacial score (nSPS) is 11.6. The van der Waals surface area contributed by atoms with Crippen molar-refractivity contribution in [2.45, 2.75) is 38.8 Å². The van der Waals surface area contributed by atoms with Gasteiger partial charge in [0.05, 0.1) is 15.6 Å². The molecule has 21 heavy (non-hydrogen) atoms. The number of nitrogens with one attached hydrogen (secondary N) is 1. The maximum atomic E-state index is 12.2. The van der Waals surface area contributed by atoms with Crippen molar-refractivity contribution in [1.29, 1.82) is 0 Å². The monoisotopic (exact) mass is 340 g/mol. The van der Waals surface area contributed by atoms with Gasteiger partial charge in [-0.05, 0) is 25.0 Å². The van der Waals surface area contributed by atoms with E-state index in [0.717, 1.165) is 0 Å². The summed E-state index contributed by atoms with van der Waals surface area (Å²) in [5.74, 6) is -0.738. The maximum Gasteiger partial charge on any atom is 0.387 e. The van der Waals surface area contributed by atoms with Crippen LogP contribution in [-0.4, -0.2) is 18.1 Å². The highest BCUT2D eigenvalue weighted by molar-refractivity contribution is 6.37. The highest BCUT2D eigenvalue weighted by Crippen LogP contribution is 2.37. The molecule has 8 heteroatoms. The number of hydrogen-bond acceptors (Lipinski definition) is 3. The van der Waals surface area contributed by atoms with E-state index in [2.05, 4.69) is 10.1 Å². The Bertz CT molecular complexity index is 500. The van der Waals surface area contributed by atoms with E-state index in [1.54, 1.807) is 13.8 Å². The van der Waals surface area contributed by atoms with E-state index >= 15 is 0 Å². The SMILES string of the molecule is CCC(N)(CC)C(=O)Nc1cc(Cl)c(OC(F)F)c(Cl)c1. The number of rotatable bonds is 6. The number of alkyl halides is 2. The summed E-state index contributed by atoms with van der Waals surface area (Å²) in [7, 11) is 0. The Hall–Kier alpha value is -1.11. The molecule has 0 aliphatic heterocycles. The van der Waals surface area contributed by atoms with Crippen molar-refractivity contribution in [2.75, 3.05) is 5.32 Å². The topological polar surface area (TPSA) is 64.4 Å². The molecule has 0 aliphatic rings. The second kappa shape index (κ2) is 7.24. The van der Waals surface area contributed by atoms with Gasteiger partial charge in [0.1, 0.15) is 0 Å². The summed E-state index contributed by atoms with van der Waals surface area (Å²) in [6.45, 7) is 0.544. The lowest BCUT2D eigenvalue weighted by atomic mass is 9.93. The van der Waals surface area contributed by atoms with Crippen LogP contribution in [0.15, 0.2) is 12.1 Å². The molecule has 0 aliphatic carbocycles. The van der Waals surface area contributed by atoms with Crippen LogP contribution in [0.25, 0.3) is 0 Å². The number of halogens is 4. The van der Waals surface area contributed by atoms with Crippen molar-refractivity contribution in [3.05, 3.63) is 22.2 Å². The Kier molecular flexibility index (Phi) is 6.19. The van der Waals surface area contributed by atoms with Gasteiger partial charge in [0, 0.05) is 5.69 Å². The van der Waals surface area contributed by atoms with E-state index in [0.29, 0.717) is 12.8 Å². The van der Waals surface area contributed by atoms with Gasteiger partial charge >= 0.3 is 6.61 Å². The van der Waals surface area contributed by atoms with Crippen molar-refractivity contribution < 1.29 is 18.3 Å². The summed E-state index contributed by atoms with van der Waals surface area (Å²) in [5.41, 5.74) is 5.20. The molecule has 0 fully saturated rings. The third-order valence-corrected chi connectivity index (χ3v) is 3.74. The molecule has 0 saturated heterocycles. The van der Waals surface area contributed by atoms with Crippen LogP contribution in [0.4, 0.5) is 14.5 Å². The lowest BCUT2D eigenvalue weighted by Gasteiger charge is -2.25. The summed E-state index contributed by atoms with van der Waals surface area (Å²) in [6.07, 6.45) is 0.896. The Labute approximate surface area is 131 Å². The number of benzene rings is 1. The molecule has 0 aromatic heterocycles. The molecule has 0 unspecified atom stereocenters. The molecule has 0 saturated carbocycles. The summed E-state index contributed by atoms with van der Waals surface area (Å²) >= 11 is 11.6. The van der Waals surface area contributed by atoms with E-state index in [1.807, 2.05) is 0 Å². The Morgan fingerprint density at radius 1 is 1.33 bits per heavy atom. The minimum absolute atomic E-state index is 0.131. The van der Waals surface area contributed by atoms with E-state index in [9.17, 15) is 13.6 Å². The second-order valence-corrected chi connectivity index (χ2v) is 5.28. The third-order valence-electron chi connectivity index (χ3n) is 3.18. The van der Waals surface area contributed by atoms with Crippen LogP contribution in [0.3, 0.4) is 0 Å². The van der Waals surface area contributed by atoms with Crippen LogP contribution in [0.1, 0.15) is 26.7 Å². The van der Waals surface area contributed by atoms with Crippen LogP contribution in [0.5, 0.6) is 5.75 Å². The molecule has 3 N–H and O–H groups in total. The van der Waals surface area contributed by atoms with Gasteiger partial charge in [-0.15, -0.1) is 0 Å². The Morgan fingerprint density at radius 2 is 1.81 bits per heavy atom. The van der Waals surface area contributed by atoms with E-state index < -0.39 is 18.1 Å². The summed E-state index contributed by atoms with van der Waals surface area (Å²) in [5, 5.41) is 2.31. The first kappa shape index (κ1) is 17.9. The molecule has 0 atom stereocenters. The highest BCUT2D eigenvalue weighted by atomic mass is 35.5. The molecule has 0 spiro atoms. The lowest BCUT2D eigenvalue weighted by Crippen LogP contribution is -2.50. The minimum Gasteiger partial charge on any atom is -0.432 e. The zero-order chi connectivity index (χ0) is 16.2. The number of amides is 1. The number of carbonyl (C=O) groups is 1. The van der Waals surface area contributed by atoms with Gasteiger partial charge in [0.25, 0.3) is 0 Å². The van der Waals surface area contributed by atoms with E-state index in [-0.39, 0.29) is 21.5 Å². The fourth-order valence-electron chi connectivity index (χ4n) is 1.66. The molecule has 118 valence electrons. The molecule has 4 nitrogen and oxygen atoms in total. The van der Waals surface area contributed by atoms with Crippen LogP contribution in [0.2, 0.25) is 10.0 Å². The number of carbonyl (C=O) groups excluding carboxylic acids is 1. The number of nitrogens with two attached hydrogens (primary N) is 1. The fraction of sp³-hybridized carbons (Fsp3) is 0.462. The molecule has 1 amide bonds. The Balaban J connectivity index is 2.99. The smallest absolute Gasteiger partial charge is 0.387 e. The van der Waals surface area contributed by atoms with Crippen LogP contribution >= 0.6 is 23.2 Å². The van der Waals surface area contributed by atoms with Crippen molar-refractivity contribution in [3.63, 3.8) is 0 Å². The quantitative estimate of drug-likeness (QED) is 0.820. The maximum absolute atomic E-state index is 12.2. The minimum atomic E-state index is -3.04. The molecular formula is C13H16Cl2F2N2O2. The predicted molar refractivity (Wildman–Crippen MR) is 79.2 cm³/mol. The molecule has 1 aromatic carbocycles. The summed E-state index contributed by atoms with van der Waals surface area (Å²) in [6, 6.07) is 2.55. The average molecular weight is 341 g/mol. The van der Waals surface area contributed by atoms with Crippen LogP contribution in [0, 0.1) is 0 Å². The van der Waals surface area contributed by atoms with Crippen molar-refractivity contribution >= 4 is 34.8 Å². The van der Waals surface area contributed by atoms with E-state index in [4.69, 9.17) is 28.9 Å². The van der Waals surface area contributed by atoms with Gasteiger partial charge in [-0.3, -0.25) is 4.79 Å². The van der Waals surface area contributed by atoms with Gasteiger partial charge in [-0.1, -0.05) is 37.0 Å². The van der Waals surface area contributed by atoms with Gasteiger partial charge < -0.3 is 15.8 Å². The molecule has 0 radical (unpaired) electrons. The summed E-state index contributed by atoms with van der Waals surface area (Å²) < 4.78 is 28.6. The largest absolute Gasteiger partial charge is 0.432 e. The fourth-order valence-corrected chi connectivity index (χ4v) is 2.24. The zero-order valence-electron chi connectivity index (χ0n) is 11.6. The molecule has 0 heterocycles.